The van der Waals surface area contributed by atoms with Gasteiger partial charge in [-0.3, -0.25) is 0 Å². The third-order valence-electron chi connectivity index (χ3n) is 2.57. The van der Waals surface area contributed by atoms with Crippen LogP contribution in [0.1, 0.15) is 19.6 Å². The van der Waals surface area contributed by atoms with Gasteiger partial charge in [0.2, 0.25) is 5.09 Å². The summed E-state index contributed by atoms with van der Waals surface area (Å²) in [6, 6.07) is 3.13. The van der Waals surface area contributed by atoms with E-state index in [0.29, 0.717) is 12.3 Å². The average molecular weight is 292 g/mol. The van der Waals surface area contributed by atoms with Crippen molar-refractivity contribution in [2.45, 2.75) is 30.2 Å². The van der Waals surface area contributed by atoms with Crippen LogP contribution < -0.4 is 10.0 Å². The summed E-state index contributed by atoms with van der Waals surface area (Å²) >= 11 is 1.78. The van der Waals surface area contributed by atoms with E-state index in [9.17, 15) is 8.42 Å². The zero-order chi connectivity index (χ0) is 13.8. The second-order valence-electron chi connectivity index (χ2n) is 4.50. The fraction of sp³-hybridized carbons (Fsp3) is 0.636. The van der Waals surface area contributed by atoms with E-state index in [-0.39, 0.29) is 9.84 Å². The summed E-state index contributed by atoms with van der Waals surface area (Å²) in [5.74, 6) is 0.612. The molecule has 0 amide bonds. The fourth-order valence-electron chi connectivity index (χ4n) is 1.26. The first-order valence-electron chi connectivity index (χ1n) is 5.59. The lowest BCUT2D eigenvalue weighted by Crippen LogP contribution is -2.31. The quantitative estimate of drug-likeness (QED) is 0.795. The lowest BCUT2D eigenvalue weighted by Gasteiger charge is -2.21. The fourth-order valence-corrected chi connectivity index (χ4v) is 2.17. The van der Waals surface area contributed by atoms with Crippen LogP contribution in [0.5, 0.6) is 0 Å². The average Bonchev–Trinajstić information content (AvgIpc) is 2.78. The molecule has 0 fully saturated rings. The number of thioether (sulfide) groups is 1. The van der Waals surface area contributed by atoms with Gasteiger partial charge in [-0.25, -0.2) is 13.1 Å². The molecule has 7 heteroatoms. The SMILES string of the molecule is CNS(=O)(=O)c1ccc(CNCC(C)(C)SC)o1. The summed E-state index contributed by atoms with van der Waals surface area (Å²) in [6.07, 6.45) is 2.06. The summed E-state index contributed by atoms with van der Waals surface area (Å²) < 4.78 is 30.6. The van der Waals surface area contributed by atoms with Gasteiger partial charge in [0.1, 0.15) is 5.76 Å². The predicted molar refractivity (Wildman–Crippen MR) is 74.3 cm³/mol. The maximum atomic E-state index is 11.5. The highest BCUT2D eigenvalue weighted by Crippen LogP contribution is 2.20. The maximum absolute atomic E-state index is 11.5. The molecule has 1 aromatic rings. The van der Waals surface area contributed by atoms with E-state index < -0.39 is 10.0 Å². The molecule has 0 radical (unpaired) electrons. The topological polar surface area (TPSA) is 71.3 Å². The van der Waals surface area contributed by atoms with Crippen molar-refractivity contribution in [1.29, 1.82) is 0 Å². The van der Waals surface area contributed by atoms with Crippen molar-refractivity contribution in [2.75, 3.05) is 19.8 Å². The Kier molecular flexibility index (Phi) is 5.27. The number of nitrogens with one attached hydrogen (secondary N) is 2. The number of sulfonamides is 1. The molecule has 5 nitrogen and oxygen atoms in total. The number of furan rings is 1. The lowest BCUT2D eigenvalue weighted by atomic mass is 10.2. The Morgan fingerprint density at radius 1 is 1.39 bits per heavy atom. The van der Waals surface area contributed by atoms with E-state index in [2.05, 4.69) is 30.1 Å². The number of hydrogen-bond donors (Lipinski definition) is 2. The van der Waals surface area contributed by atoms with Crippen molar-refractivity contribution in [3.8, 4) is 0 Å². The highest BCUT2D eigenvalue weighted by molar-refractivity contribution is 7.99. The molecule has 0 bridgehead atoms. The van der Waals surface area contributed by atoms with Crippen molar-refractivity contribution in [3.63, 3.8) is 0 Å². The molecular weight excluding hydrogens is 272 g/mol. The molecule has 0 aromatic carbocycles. The first kappa shape index (κ1) is 15.6. The number of hydrogen-bond acceptors (Lipinski definition) is 5. The highest BCUT2D eigenvalue weighted by Gasteiger charge is 2.17. The van der Waals surface area contributed by atoms with Gasteiger partial charge in [0.05, 0.1) is 6.54 Å². The highest BCUT2D eigenvalue weighted by atomic mass is 32.2. The summed E-state index contributed by atoms with van der Waals surface area (Å²) in [7, 11) is -2.13. The van der Waals surface area contributed by atoms with Crippen LogP contribution in [-0.4, -0.2) is 33.0 Å². The van der Waals surface area contributed by atoms with Crippen LogP contribution in [0.15, 0.2) is 21.6 Å². The third-order valence-corrected chi connectivity index (χ3v) is 5.11. The predicted octanol–water partition coefficient (Wildman–Crippen LogP) is 1.42. The molecule has 0 saturated heterocycles. The summed E-state index contributed by atoms with van der Waals surface area (Å²) in [4.78, 5) is 0. The van der Waals surface area contributed by atoms with Crippen LogP contribution in [0.25, 0.3) is 0 Å². The zero-order valence-corrected chi connectivity index (χ0v) is 12.7. The van der Waals surface area contributed by atoms with E-state index in [1.807, 2.05) is 0 Å². The Bertz CT molecular complexity index is 480. The van der Waals surface area contributed by atoms with Gasteiger partial charge in [0.25, 0.3) is 10.0 Å². The Morgan fingerprint density at radius 3 is 2.61 bits per heavy atom. The van der Waals surface area contributed by atoms with E-state index in [1.165, 1.54) is 13.1 Å². The molecule has 0 aliphatic carbocycles. The molecule has 1 rings (SSSR count). The van der Waals surface area contributed by atoms with Gasteiger partial charge < -0.3 is 9.73 Å². The van der Waals surface area contributed by atoms with Crippen molar-refractivity contribution >= 4 is 21.8 Å². The largest absolute Gasteiger partial charge is 0.447 e. The first-order valence-corrected chi connectivity index (χ1v) is 8.30. The normalized spacial score (nSPS) is 12.9. The van der Waals surface area contributed by atoms with Crippen LogP contribution >= 0.6 is 11.8 Å². The Hall–Kier alpha value is -0.500. The van der Waals surface area contributed by atoms with Gasteiger partial charge in [-0.05, 0) is 39.3 Å². The van der Waals surface area contributed by atoms with E-state index >= 15 is 0 Å². The van der Waals surface area contributed by atoms with Crippen molar-refractivity contribution in [3.05, 3.63) is 17.9 Å². The molecule has 1 heterocycles. The monoisotopic (exact) mass is 292 g/mol. The molecule has 104 valence electrons. The molecule has 0 atom stereocenters. The molecule has 18 heavy (non-hydrogen) atoms. The zero-order valence-electron chi connectivity index (χ0n) is 11.1. The van der Waals surface area contributed by atoms with E-state index in [1.54, 1.807) is 17.8 Å². The van der Waals surface area contributed by atoms with Gasteiger partial charge in [-0.15, -0.1) is 0 Å². The second-order valence-corrected chi connectivity index (χ2v) is 7.83. The molecule has 0 aliphatic heterocycles. The molecular formula is C11H20N2O3S2. The smallest absolute Gasteiger partial charge is 0.273 e. The summed E-state index contributed by atoms with van der Waals surface area (Å²) in [6.45, 7) is 5.62. The Balaban J connectivity index is 2.56. The van der Waals surface area contributed by atoms with Crippen LogP contribution in [0.3, 0.4) is 0 Å². The molecule has 0 spiro atoms. The van der Waals surface area contributed by atoms with Gasteiger partial charge in [-0.2, -0.15) is 11.8 Å². The molecule has 0 unspecified atom stereocenters. The van der Waals surface area contributed by atoms with Crippen LogP contribution in [-0.2, 0) is 16.6 Å². The summed E-state index contributed by atoms with van der Waals surface area (Å²) in [5, 5.41) is 3.20. The standard InChI is InChI=1S/C11H20N2O3S2/c1-11(2,17-4)8-13-7-9-5-6-10(16-9)18(14,15)12-3/h5-6,12-13H,7-8H2,1-4H3. The maximum Gasteiger partial charge on any atom is 0.273 e. The molecule has 2 N–H and O–H groups in total. The minimum atomic E-state index is -3.48. The van der Waals surface area contributed by atoms with Crippen LogP contribution in [0.4, 0.5) is 0 Å². The minimum absolute atomic E-state index is 0.0501. The molecule has 0 aliphatic rings. The second kappa shape index (κ2) is 6.10. The minimum Gasteiger partial charge on any atom is -0.447 e. The van der Waals surface area contributed by atoms with Gasteiger partial charge >= 0.3 is 0 Å². The summed E-state index contributed by atoms with van der Waals surface area (Å²) in [5.41, 5.74) is 0. The van der Waals surface area contributed by atoms with Gasteiger partial charge in [0.15, 0.2) is 0 Å². The Morgan fingerprint density at radius 2 is 2.06 bits per heavy atom. The van der Waals surface area contributed by atoms with Crippen molar-refractivity contribution in [1.82, 2.24) is 10.0 Å². The third kappa shape index (κ3) is 4.31. The van der Waals surface area contributed by atoms with E-state index in [4.69, 9.17) is 4.42 Å². The van der Waals surface area contributed by atoms with Crippen molar-refractivity contribution in [2.24, 2.45) is 0 Å². The molecule has 1 aromatic heterocycles. The van der Waals surface area contributed by atoms with Crippen LogP contribution in [0, 0.1) is 0 Å². The number of rotatable bonds is 7. The van der Waals surface area contributed by atoms with E-state index in [0.717, 1.165) is 6.54 Å². The first-order chi connectivity index (χ1) is 8.30. The van der Waals surface area contributed by atoms with Crippen LogP contribution in [0.2, 0.25) is 0 Å². The lowest BCUT2D eigenvalue weighted by molar-refractivity contribution is 0.398. The van der Waals surface area contributed by atoms with Crippen molar-refractivity contribution < 1.29 is 12.8 Å². The van der Waals surface area contributed by atoms with Gasteiger partial charge in [-0.1, -0.05) is 0 Å². The Labute approximate surface area is 113 Å². The molecule has 0 saturated carbocycles. The van der Waals surface area contributed by atoms with Gasteiger partial charge in [0, 0.05) is 11.3 Å².